The number of benzene rings is 3. The lowest BCUT2D eigenvalue weighted by Gasteiger charge is -2.47. The summed E-state index contributed by atoms with van der Waals surface area (Å²) in [6, 6.07) is 27.5. The number of ether oxygens (including phenoxy) is 5. The highest BCUT2D eigenvalue weighted by atomic mass is 19.3. The molecule has 9 heteroatoms. The second-order valence-electron chi connectivity index (χ2n) is 9.40. The van der Waals surface area contributed by atoms with Gasteiger partial charge < -0.3 is 28.8 Å². The number of esters is 1. The molecule has 0 spiro atoms. The Morgan fingerprint density at radius 1 is 0.750 bits per heavy atom. The van der Waals surface area contributed by atoms with Gasteiger partial charge in [-0.05, 0) is 23.6 Å². The molecular weight excluding hydrogens is 522 g/mol. The molecule has 7 nitrogen and oxygen atoms in total. The van der Waals surface area contributed by atoms with Crippen LogP contribution in [0.15, 0.2) is 91.0 Å². The molecule has 214 valence electrons. The smallest absolute Gasteiger partial charge is 0.379 e. The number of halogens is 2. The second-order valence-corrected chi connectivity index (χ2v) is 9.40. The molecule has 4 rings (SSSR count). The average Bonchev–Trinajstić information content (AvgIpc) is 2.99. The van der Waals surface area contributed by atoms with Crippen LogP contribution in [-0.2, 0) is 48.3 Å². The van der Waals surface area contributed by atoms with Gasteiger partial charge in [0.2, 0.25) is 0 Å². The molecule has 1 aliphatic rings. The summed E-state index contributed by atoms with van der Waals surface area (Å²) >= 11 is 0. The minimum absolute atomic E-state index is 0.0509. The van der Waals surface area contributed by atoms with Crippen LogP contribution in [0.2, 0.25) is 0 Å². The molecular formula is C31H34F2O7. The van der Waals surface area contributed by atoms with Gasteiger partial charge in [-0.1, -0.05) is 91.0 Å². The maximum atomic E-state index is 15.6. The van der Waals surface area contributed by atoms with Gasteiger partial charge in [0.1, 0.15) is 24.4 Å². The fourth-order valence-corrected chi connectivity index (χ4v) is 4.57. The highest BCUT2D eigenvalue weighted by Crippen LogP contribution is 2.38. The quantitative estimate of drug-likeness (QED) is 0.306. The van der Waals surface area contributed by atoms with Crippen LogP contribution in [0.4, 0.5) is 8.78 Å². The van der Waals surface area contributed by atoms with Gasteiger partial charge in [0.05, 0.1) is 33.0 Å². The molecule has 0 bridgehead atoms. The summed E-state index contributed by atoms with van der Waals surface area (Å²) in [5, 5.41) is 10.2. The van der Waals surface area contributed by atoms with E-state index in [9.17, 15) is 9.90 Å². The zero-order valence-corrected chi connectivity index (χ0v) is 22.2. The number of carbonyl (C=O) groups excluding carboxylic acids is 1. The van der Waals surface area contributed by atoms with Crippen LogP contribution in [0.3, 0.4) is 0 Å². The Balaban J connectivity index is 1.69. The molecule has 0 saturated carbocycles. The predicted molar refractivity (Wildman–Crippen MR) is 142 cm³/mol. The van der Waals surface area contributed by atoms with Gasteiger partial charge in [-0.3, -0.25) is 0 Å². The van der Waals surface area contributed by atoms with Crippen molar-refractivity contribution < 1.29 is 42.4 Å². The van der Waals surface area contributed by atoms with E-state index in [2.05, 4.69) is 4.74 Å². The van der Waals surface area contributed by atoms with Crippen LogP contribution >= 0.6 is 0 Å². The zero-order valence-electron chi connectivity index (χ0n) is 22.2. The van der Waals surface area contributed by atoms with E-state index < -0.39 is 49.0 Å². The third kappa shape index (κ3) is 7.50. The van der Waals surface area contributed by atoms with Crippen molar-refractivity contribution in [3.8, 4) is 0 Å². The molecule has 5 atom stereocenters. The van der Waals surface area contributed by atoms with Gasteiger partial charge in [-0.2, -0.15) is 8.78 Å². The van der Waals surface area contributed by atoms with Gasteiger partial charge in [0, 0.05) is 0 Å². The number of hydrogen-bond donors (Lipinski definition) is 1. The summed E-state index contributed by atoms with van der Waals surface area (Å²) in [5.74, 6) is -5.83. The third-order valence-corrected chi connectivity index (χ3v) is 6.57. The van der Waals surface area contributed by atoms with Crippen molar-refractivity contribution in [2.45, 2.75) is 63.2 Å². The number of rotatable bonds is 13. The molecule has 1 saturated heterocycles. The van der Waals surface area contributed by atoms with Crippen LogP contribution in [0.25, 0.3) is 0 Å². The first-order chi connectivity index (χ1) is 19.4. The van der Waals surface area contributed by atoms with Crippen molar-refractivity contribution in [1.82, 2.24) is 0 Å². The zero-order chi connectivity index (χ0) is 28.4. The van der Waals surface area contributed by atoms with Crippen LogP contribution in [0.1, 0.15) is 23.6 Å². The molecule has 0 amide bonds. The van der Waals surface area contributed by atoms with E-state index in [1.807, 2.05) is 66.7 Å². The first-order valence-electron chi connectivity index (χ1n) is 13.2. The monoisotopic (exact) mass is 556 g/mol. The minimum Gasteiger partial charge on any atom is -0.461 e. The molecule has 0 unspecified atom stereocenters. The molecule has 40 heavy (non-hydrogen) atoms. The SMILES string of the molecule is CCOC(=O)C(F)(F)[C@H]1O[C@H](CO)[C@@H](OCc2ccccc2)[C@H](OCc2ccccc2)[C@H]1OCc1ccccc1. The molecule has 1 fully saturated rings. The lowest BCUT2D eigenvalue weighted by molar-refractivity contribution is -0.306. The highest BCUT2D eigenvalue weighted by Gasteiger charge is 2.61. The fraction of sp³-hybridized carbons (Fsp3) is 0.387. The van der Waals surface area contributed by atoms with E-state index in [1.54, 1.807) is 24.3 Å². The van der Waals surface area contributed by atoms with Crippen molar-refractivity contribution >= 4 is 5.97 Å². The van der Waals surface area contributed by atoms with Gasteiger partial charge >= 0.3 is 11.9 Å². The van der Waals surface area contributed by atoms with Gasteiger partial charge in [-0.25, -0.2) is 4.79 Å². The lowest BCUT2D eigenvalue weighted by atomic mass is 9.90. The van der Waals surface area contributed by atoms with Crippen molar-refractivity contribution in [1.29, 1.82) is 0 Å². The Morgan fingerprint density at radius 2 is 1.18 bits per heavy atom. The summed E-state index contributed by atoms with van der Waals surface area (Å²) in [6.45, 7) is 0.667. The van der Waals surface area contributed by atoms with Crippen LogP contribution in [0.5, 0.6) is 0 Å². The van der Waals surface area contributed by atoms with E-state index >= 15 is 8.78 Å². The Kier molecular flexibility index (Phi) is 10.7. The lowest BCUT2D eigenvalue weighted by Crippen LogP contribution is -2.66. The highest BCUT2D eigenvalue weighted by molar-refractivity contribution is 5.78. The Morgan fingerprint density at radius 3 is 1.60 bits per heavy atom. The minimum atomic E-state index is -4.09. The first kappa shape index (κ1) is 29.8. The van der Waals surface area contributed by atoms with Gasteiger partial charge in [0.15, 0.2) is 6.10 Å². The number of alkyl halides is 2. The molecule has 1 aliphatic heterocycles. The maximum Gasteiger partial charge on any atom is 0.379 e. The molecule has 3 aromatic rings. The van der Waals surface area contributed by atoms with E-state index in [0.717, 1.165) is 16.7 Å². The van der Waals surface area contributed by atoms with Crippen molar-refractivity contribution in [3.63, 3.8) is 0 Å². The normalized spacial score (nSPS) is 23.1. The Bertz CT molecular complexity index is 1160. The average molecular weight is 557 g/mol. The maximum absolute atomic E-state index is 15.6. The van der Waals surface area contributed by atoms with Crippen LogP contribution < -0.4 is 0 Å². The van der Waals surface area contributed by atoms with E-state index in [4.69, 9.17) is 18.9 Å². The molecule has 0 aromatic heterocycles. The number of carbonyl (C=O) groups is 1. The van der Waals surface area contributed by atoms with E-state index in [0.29, 0.717) is 0 Å². The van der Waals surface area contributed by atoms with Gasteiger partial charge in [-0.15, -0.1) is 0 Å². The number of aliphatic hydroxyl groups excluding tert-OH is 1. The summed E-state index contributed by atoms with van der Waals surface area (Å²) in [5.41, 5.74) is 2.36. The summed E-state index contributed by atoms with van der Waals surface area (Å²) < 4.78 is 60.2. The summed E-state index contributed by atoms with van der Waals surface area (Å²) in [6.07, 6.45) is -6.92. The standard InChI is InChI=1S/C31H34F2O7/c1-2-36-30(35)31(32,33)29-28(39-21-24-16-10-5-11-17-24)27(38-20-23-14-8-4-9-15-23)26(25(18-34)40-29)37-19-22-12-6-3-7-13-22/h3-17,25-29,34H,2,18-21H2,1H3/t25-,26-,27+,28-,29+/m1/s1. The van der Waals surface area contributed by atoms with E-state index in [1.165, 1.54) is 6.92 Å². The van der Waals surface area contributed by atoms with Crippen LogP contribution in [0, 0.1) is 0 Å². The molecule has 0 aliphatic carbocycles. The summed E-state index contributed by atoms with van der Waals surface area (Å²) in [7, 11) is 0. The first-order valence-corrected chi connectivity index (χ1v) is 13.2. The van der Waals surface area contributed by atoms with Crippen LogP contribution in [-0.4, -0.2) is 60.7 Å². The largest absolute Gasteiger partial charge is 0.461 e. The molecule has 1 heterocycles. The number of hydrogen-bond acceptors (Lipinski definition) is 7. The van der Waals surface area contributed by atoms with Gasteiger partial charge in [0.25, 0.3) is 0 Å². The third-order valence-electron chi connectivity index (χ3n) is 6.57. The van der Waals surface area contributed by atoms with E-state index in [-0.39, 0.29) is 26.4 Å². The van der Waals surface area contributed by atoms with Crippen molar-refractivity contribution in [2.24, 2.45) is 0 Å². The molecule has 0 radical (unpaired) electrons. The molecule has 1 N–H and O–H groups in total. The number of aliphatic hydroxyl groups is 1. The fourth-order valence-electron chi connectivity index (χ4n) is 4.57. The topological polar surface area (TPSA) is 83.5 Å². The summed E-state index contributed by atoms with van der Waals surface area (Å²) in [4.78, 5) is 12.4. The molecule has 3 aromatic carbocycles. The Hall–Kier alpha value is -3.21. The van der Waals surface area contributed by atoms with Crippen molar-refractivity contribution in [2.75, 3.05) is 13.2 Å². The van der Waals surface area contributed by atoms with Crippen molar-refractivity contribution in [3.05, 3.63) is 108 Å². The predicted octanol–water partition coefficient (Wildman–Crippen LogP) is 4.70. The second kappa shape index (κ2) is 14.4. The Labute approximate surface area is 232 Å².